The molecule has 1 atom stereocenters. The first-order chi connectivity index (χ1) is 8.69. The molecule has 1 heterocycles. The van der Waals surface area contributed by atoms with Gasteiger partial charge in [0.05, 0.1) is 12.7 Å². The number of fused-ring (bicyclic) bond motifs is 1. The first kappa shape index (κ1) is 12.4. The van der Waals surface area contributed by atoms with Crippen LogP contribution in [0.4, 0.5) is 5.69 Å². The minimum Gasteiger partial charge on any atom is -0.464 e. The van der Waals surface area contributed by atoms with Crippen LogP contribution in [0, 0.1) is 18.3 Å². The molecule has 94 valence electrons. The number of ether oxygens (including phenoxy) is 1. The Labute approximate surface area is 107 Å². The first-order valence-electron chi connectivity index (χ1n) is 6.07. The largest absolute Gasteiger partial charge is 0.464 e. The summed E-state index contributed by atoms with van der Waals surface area (Å²) < 4.78 is 5.08. The van der Waals surface area contributed by atoms with E-state index in [1.807, 2.05) is 30.0 Å². The highest BCUT2D eigenvalue weighted by atomic mass is 16.5. The van der Waals surface area contributed by atoms with Gasteiger partial charge in [0.25, 0.3) is 0 Å². The van der Waals surface area contributed by atoms with Crippen molar-refractivity contribution < 1.29 is 9.53 Å². The predicted molar refractivity (Wildman–Crippen MR) is 68.3 cm³/mol. The fourth-order valence-electron chi connectivity index (χ4n) is 2.41. The SMILES string of the molecule is CCOC(=O)C1Cc2c(C)cccc2N1CC#N. The van der Waals surface area contributed by atoms with Crippen LogP contribution in [0.1, 0.15) is 18.1 Å². The molecule has 4 nitrogen and oxygen atoms in total. The van der Waals surface area contributed by atoms with Crippen LogP contribution in [0.25, 0.3) is 0 Å². The topological polar surface area (TPSA) is 53.3 Å². The Kier molecular flexibility index (Phi) is 3.52. The standard InChI is InChI=1S/C14H16N2O2/c1-3-18-14(17)13-9-11-10(2)5-4-6-12(11)16(13)8-7-15/h4-6,13H,3,8-9H2,1-2H3. The van der Waals surface area contributed by atoms with Crippen molar-refractivity contribution >= 4 is 11.7 Å². The zero-order valence-corrected chi connectivity index (χ0v) is 10.6. The van der Waals surface area contributed by atoms with Crippen molar-refractivity contribution in [1.29, 1.82) is 5.26 Å². The third-order valence-electron chi connectivity index (χ3n) is 3.27. The van der Waals surface area contributed by atoms with Gasteiger partial charge in [-0.25, -0.2) is 4.79 Å². The van der Waals surface area contributed by atoms with Gasteiger partial charge in [0, 0.05) is 12.1 Å². The lowest BCUT2D eigenvalue weighted by Crippen LogP contribution is -2.40. The van der Waals surface area contributed by atoms with Gasteiger partial charge in [0.2, 0.25) is 0 Å². The van der Waals surface area contributed by atoms with Crippen molar-refractivity contribution in [3.63, 3.8) is 0 Å². The summed E-state index contributed by atoms with van der Waals surface area (Å²) >= 11 is 0. The summed E-state index contributed by atoms with van der Waals surface area (Å²) in [5.74, 6) is -0.247. The van der Waals surface area contributed by atoms with Crippen LogP contribution in [0.2, 0.25) is 0 Å². The van der Waals surface area contributed by atoms with Crippen molar-refractivity contribution in [3.05, 3.63) is 29.3 Å². The number of esters is 1. The van der Waals surface area contributed by atoms with Crippen LogP contribution in [-0.4, -0.2) is 25.2 Å². The quantitative estimate of drug-likeness (QED) is 0.601. The number of benzene rings is 1. The van der Waals surface area contributed by atoms with Gasteiger partial charge >= 0.3 is 5.97 Å². The van der Waals surface area contributed by atoms with Crippen LogP contribution in [0.3, 0.4) is 0 Å². The first-order valence-corrected chi connectivity index (χ1v) is 6.07. The number of nitriles is 1. The van der Waals surface area contributed by atoms with Gasteiger partial charge in [-0.1, -0.05) is 12.1 Å². The van der Waals surface area contributed by atoms with E-state index >= 15 is 0 Å². The van der Waals surface area contributed by atoms with Crippen molar-refractivity contribution in [2.45, 2.75) is 26.3 Å². The lowest BCUT2D eigenvalue weighted by Gasteiger charge is -2.22. The molecule has 18 heavy (non-hydrogen) atoms. The zero-order valence-electron chi connectivity index (χ0n) is 10.6. The normalized spacial score (nSPS) is 17.2. The Balaban J connectivity index is 2.34. The second-order valence-electron chi connectivity index (χ2n) is 4.33. The number of anilines is 1. The third kappa shape index (κ3) is 2.04. The Hall–Kier alpha value is -2.02. The number of rotatable bonds is 3. The van der Waals surface area contributed by atoms with E-state index in [9.17, 15) is 4.79 Å². The maximum atomic E-state index is 11.9. The van der Waals surface area contributed by atoms with Gasteiger partial charge in [0.15, 0.2) is 0 Å². The molecule has 2 rings (SSSR count). The van der Waals surface area contributed by atoms with E-state index in [-0.39, 0.29) is 18.6 Å². The minimum atomic E-state index is -0.360. The summed E-state index contributed by atoms with van der Waals surface area (Å²) in [7, 11) is 0. The second kappa shape index (κ2) is 5.09. The molecule has 0 saturated heterocycles. The van der Waals surface area contributed by atoms with E-state index in [1.54, 1.807) is 6.92 Å². The van der Waals surface area contributed by atoms with Crippen molar-refractivity contribution in [2.24, 2.45) is 0 Å². The fourth-order valence-corrected chi connectivity index (χ4v) is 2.41. The van der Waals surface area contributed by atoms with E-state index in [1.165, 1.54) is 0 Å². The van der Waals surface area contributed by atoms with Gasteiger partial charge in [-0.3, -0.25) is 0 Å². The maximum Gasteiger partial charge on any atom is 0.329 e. The molecule has 0 spiro atoms. The molecule has 1 aliphatic rings. The van der Waals surface area contributed by atoms with Crippen LogP contribution in [-0.2, 0) is 16.0 Å². The Morgan fingerprint density at radius 2 is 2.39 bits per heavy atom. The highest BCUT2D eigenvalue weighted by Gasteiger charge is 2.35. The average molecular weight is 244 g/mol. The van der Waals surface area contributed by atoms with Gasteiger partial charge in [-0.05, 0) is 31.0 Å². The molecule has 0 N–H and O–H groups in total. The van der Waals surface area contributed by atoms with E-state index in [0.29, 0.717) is 13.0 Å². The molecule has 0 bridgehead atoms. The summed E-state index contributed by atoms with van der Waals surface area (Å²) in [4.78, 5) is 13.8. The average Bonchev–Trinajstić information content (AvgIpc) is 2.71. The second-order valence-corrected chi connectivity index (χ2v) is 4.33. The van der Waals surface area contributed by atoms with Crippen molar-refractivity contribution in [2.75, 3.05) is 18.1 Å². The smallest absolute Gasteiger partial charge is 0.329 e. The van der Waals surface area contributed by atoms with E-state index in [2.05, 4.69) is 6.07 Å². The minimum absolute atomic E-state index is 0.208. The molecule has 4 heteroatoms. The molecule has 1 unspecified atom stereocenters. The maximum absolute atomic E-state index is 11.9. The molecule has 0 saturated carbocycles. The lowest BCUT2D eigenvalue weighted by atomic mass is 10.0. The molecule has 0 amide bonds. The number of hydrogen-bond donors (Lipinski definition) is 0. The van der Waals surface area contributed by atoms with E-state index in [0.717, 1.165) is 16.8 Å². The lowest BCUT2D eigenvalue weighted by molar-refractivity contribution is -0.144. The molecular weight excluding hydrogens is 228 g/mol. The monoisotopic (exact) mass is 244 g/mol. The van der Waals surface area contributed by atoms with Gasteiger partial charge < -0.3 is 9.64 Å². The molecule has 0 aliphatic carbocycles. The van der Waals surface area contributed by atoms with E-state index in [4.69, 9.17) is 10.00 Å². The summed E-state index contributed by atoms with van der Waals surface area (Å²) in [6.45, 7) is 4.39. The van der Waals surface area contributed by atoms with Gasteiger partial charge in [0.1, 0.15) is 12.6 Å². The Morgan fingerprint density at radius 1 is 1.61 bits per heavy atom. The highest BCUT2D eigenvalue weighted by molar-refractivity contribution is 5.84. The van der Waals surface area contributed by atoms with Crippen LogP contribution >= 0.6 is 0 Å². The third-order valence-corrected chi connectivity index (χ3v) is 3.27. The van der Waals surface area contributed by atoms with Crippen LogP contribution < -0.4 is 4.90 Å². The Bertz CT molecular complexity index is 505. The molecular formula is C14H16N2O2. The molecule has 0 fully saturated rings. The summed E-state index contributed by atoms with van der Waals surface area (Å²) in [6, 6.07) is 7.69. The number of hydrogen-bond acceptors (Lipinski definition) is 4. The van der Waals surface area contributed by atoms with Crippen LogP contribution in [0.15, 0.2) is 18.2 Å². The number of carbonyl (C=O) groups excluding carboxylic acids is 1. The van der Waals surface area contributed by atoms with Gasteiger partial charge in [-0.15, -0.1) is 0 Å². The summed E-state index contributed by atoms with van der Waals surface area (Å²) in [6.07, 6.45) is 0.628. The molecule has 1 aliphatic heterocycles. The van der Waals surface area contributed by atoms with Crippen molar-refractivity contribution in [1.82, 2.24) is 0 Å². The fraction of sp³-hybridized carbons (Fsp3) is 0.429. The van der Waals surface area contributed by atoms with Crippen molar-refractivity contribution in [3.8, 4) is 6.07 Å². The molecule has 1 aromatic carbocycles. The highest BCUT2D eigenvalue weighted by Crippen LogP contribution is 2.34. The summed E-state index contributed by atoms with van der Waals surface area (Å²) in [5, 5.41) is 8.91. The van der Waals surface area contributed by atoms with Crippen LogP contribution in [0.5, 0.6) is 0 Å². The zero-order chi connectivity index (χ0) is 13.1. The molecule has 0 radical (unpaired) electrons. The molecule has 1 aromatic rings. The molecule has 0 aromatic heterocycles. The predicted octanol–water partition coefficient (Wildman–Crippen LogP) is 1.81. The Morgan fingerprint density at radius 3 is 3.06 bits per heavy atom. The number of nitrogens with zero attached hydrogens (tertiary/aromatic N) is 2. The number of aryl methyl sites for hydroxylation is 1. The van der Waals surface area contributed by atoms with Gasteiger partial charge in [-0.2, -0.15) is 5.26 Å². The number of carbonyl (C=O) groups is 1. The summed E-state index contributed by atoms with van der Waals surface area (Å²) in [5.41, 5.74) is 3.28. The van der Waals surface area contributed by atoms with E-state index < -0.39 is 0 Å².